The lowest BCUT2D eigenvalue weighted by Crippen LogP contribution is -2.17. The van der Waals surface area contributed by atoms with Crippen LogP contribution in [-0.2, 0) is 9.53 Å². The Bertz CT molecular complexity index is 356. The first-order chi connectivity index (χ1) is 8.69. The fraction of sp³-hybridized carbons (Fsp3) is 0.500. The molecule has 2 atom stereocenters. The Morgan fingerprint density at radius 2 is 2.06 bits per heavy atom. The first-order valence-corrected chi connectivity index (χ1v) is 7.27. The minimum atomic E-state index is -0.250. The van der Waals surface area contributed by atoms with Crippen LogP contribution in [0.5, 0.6) is 0 Å². The molecule has 1 aromatic carbocycles. The van der Waals surface area contributed by atoms with Crippen LogP contribution in [0, 0.1) is 5.92 Å². The molecule has 2 unspecified atom stereocenters. The van der Waals surface area contributed by atoms with Crippen LogP contribution in [-0.4, -0.2) is 24.9 Å². The number of hydrogen-bond donors (Lipinski definition) is 1. The molecule has 0 saturated heterocycles. The van der Waals surface area contributed by atoms with Gasteiger partial charge in [-0.1, -0.05) is 37.3 Å². The molecular weight excluding hydrogens is 246 g/mol. The van der Waals surface area contributed by atoms with Crippen molar-refractivity contribution in [3.63, 3.8) is 0 Å². The minimum Gasteiger partial charge on any atom is -0.465 e. The summed E-state index contributed by atoms with van der Waals surface area (Å²) in [5, 5.41) is -0.250. The van der Waals surface area contributed by atoms with Gasteiger partial charge in [-0.25, -0.2) is 0 Å². The highest BCUT2D eigenvalue weighted by atomic mass is 32.2. The maximum absolute atomic E-state index is 12.0. The van der Waals surface area contributed by atoms with Crippen molar-refractivity contribution in [1.82, 2.24) is 0 Å². The van der Waals surface area contributed by atoms with Crippen molar-refractivity contribution in [2.24, 2.45) is 11.7 Å². The summed E-state index contributed by atoms with van der Waals surface area (Å²) in [6.07, 6.45) is 0. The van der Waals surface area contributed by atoms with Crippen LogP contribution in [0.2, 0.25) is 0 Å². The van der Waals surface area contributed by atoms with Crippen molar-refractivity contribution in [2.75, 3.05) is 18.9 Å². The van der Waals surface area contributed by atoms with Gasteiger partial charge in [-0.15, -0.1) is 11.8 Å². The monoisotopic (exact) mass is 267 g/mol. The van der Waals surface area contributed by atoms with Gasteiger partial charge in [-0.05, 0) is 30.7 Å². The maximum Gasteiger partial charge on any atom is 0.323 e. The van der Waals surface area contributed by atoms with Gasteiger partial charge in [0.2, 0.25) is 0 Å². The Balaban J connectivity index is 2.72. The van der Waals surface area contributed by atoms with Crippen molar-refractivity contribution >= 4 is 17.7 Å². The molecule has 0 aliphatic carbocycles. The molecule has 100 valence electrons. The average Bonchev–Trinajstić information content (AvgIpc) is 2.40. The van der Waals surface area contributed by atoms with E-state index in [0.717, 1.165) is 11.3 Å². The lowest BCUT2D eigenvalue weighted by molar-refractivity contribution is -0.142. The van der Waals surface area contributed by atoms with E-state index in [2.05, 4.69) is 6.92 Å². The van der Waals surface area contributed by atoms with E-state index in [1.807, 2.05) is 37.3 Å². The maximum atomic E-state index is 12.0. The highest BCUT2D eigenvalue weighted by molar-refractivity contribution is 8.00. The molecule has 18 heavy (non-hydrogen) atoms. The van der Waals surface area contributed by atoms with Crippen LogP contribution in [0.4, 0.5) is 0 Å². The second-order valence-electron chi connectivity index (χ2n) is 4.22. The summed E-state index contributed by atoms with van der Waals surface area (Å²) in [5.41, 5.74) is 6.59. The predicted octanol–water partition coefficient (Wildman–Crippen LogP) is 2.62. The normalized spacial score (nSPS) is 13.9. The fourth-order valence-corrected chi connectivity index (χ4v) is 2.69. The second-order valence-corrected chi connectivity index (χ2v) is 5.36. The number of thioether (sulfide) groups is 1. The molecule has 1 rings (SSSR count). The van der Waals surface area contributed by atoms with Gasteiger partial charge in [0.1, 0.15) is 5.25 Å². The largest absolute Gasteiger partial charge is 0.465 e. The minimum absolute atomic E-state index is 0.169. The van der Waals surface area contributed by atoms with Crippen LogP contribution < -0.4 is 5.73 Å². The van der Waals surface area contributed by atoms with Crippen molar-refractivity contribution in [3.8, 4) is 0 Å². The van der Waals surface area contributed by atoms with E-state index in [9.17, 15) is 4.79 Å². The van der Waals surface area contributed by atoms with E-state index >= 15 is 0 Å². The van der Waals surface area contributed by atoms with E-state index in [0.29, 0.717) is 19.1 Å². The number of benzene rings is 1. The van der Waals surface area contributed by atoms with E-state index < -0.39 is 0 Å². The van der Waals surface area contributed by atoms with Crippen LogP contribution in [0.15, 0.2) is 30.3 Å². The van der Waals surface area contributed by atoms with Gasteiger partial charge in [0.25, 0.3) is 0 Å². The van der Waals surface area contributed by atoms with Crippen molar-refractivity contribution in [1.29, 1.82) is 0 Å². The lowest BCUT2D eigenvalue weighted by Gasteiger charge is -2.17. The van der Waals surface area contributed by atoms with Crippen LogP contribution >= 0.6 is 11.8 Å². The SMILES string of the molecule is CCOC(=O)C(SCC(C)CN)c1ccccc1. The number of rotatable bonds is 7. The molecule has 0 spiro atoms. The van der Waals surface area contributed by atoms with Crippen molar-refractivity contribution in [3.05, 3.63) is 35.9 Å². The summed E-state index contributed by atoms with van der Waals surface area (Å²) in [6.45, 7) is 4.96. The summed E-state index contributed by atoms with van der Waals surface area (Å²) >= 11 is 1.60. The number of hydrogen-bond acceptors (Lipinski definition) is 4. The van der Waals surface area contributed by atoms with E-state index in [1.165, 1.54) is 0 Å². The third-order valence-electron chi connectivity index (χ3n) is 2.55. The van der Waals surface area contributed by atoms with E-state index in [-0.39, 0.29) is 11.2 Å². The van der Waals surface area contributed by atoms with Gasteiger partial charge in [0.15, 0.2) is 0 Å². The predicted molar refractivity (Wildman–Crippen MR) is 76.5 cm³/mol. The Labute approximate surface area is 113 Å². The Kier molecular flexibility index (Phi) is 6.83. The molecule has 0 saturated carbocycles. The van der Waals surface area contributed by atoms with Gasteiger partial charge in [0.05, 0.1) is 6.61 Å². The molecule has 0 radical (unpaired) electrons. The molecule has 0 aromatic heterocycles. The quantitative estimate of drug-likeness (QED) is 0.772. The Morgan fingerprint density at radius 1 is 1.39 bits per heavy atom. The molecule has 0 bridgehead atoms. The molecule has 0 heterocycles. The Morgan fingerprint density at radius 3 is 2.61 bits per heavy atom. The molecule has 0 fully saturated rings. The van der Waals surface area contributed by atoms with Gasteiger partial charge >= 0.3 is 5.97 Å². The average molecular weight is 267 g/mol. The first-order valence-electron chi connectivity index (χ1n) is 6.22. The number of carbonyl (C=O) groups excluding carboxylic acids is 1. The molecule has 4 heteroatoms. The van der Waals surface area contributed by atoms with Crippen molar-refractivity contribution < 1.29 is 9.53 Å². The number of esters is 1. The molecule has 3 nitrogen and oxygen atoms in total. The van der Waals surface area contributed by atoms with Crippen LogP contribution in [0.1, 0.15) is 24.7 Å². The topological polar surface area (TPSA) is 52.3 Å². The number of carbonyl (C=O) groups is 1. The summed E-state index contributed by atoms with van der Waals surface area (Å²) in [7, 11) is 0. The van der Waals surface area contributed by atoms with Gasteiger partial charge in [0, 0.05) is 0 Å². The highest BCUT2D eigenvalue weighted by Gasteiger charge is 2.22. The van der Waals surface area contributed by atoms with Crippen LogP contribution in [0.3, 0.4) is 0 Å². The molecule has 0 amide bonds. The van der Waals surface area contributed by atoms with Gasteiger partial charge in [-0.2, -0.15) is 0 Å². The third-order valence-corrected chi connectivity index (χ3v) is 4.11. The van der Waals surface area contributed by atoms with Crippen molar-refractivity contribution in [2.45, 2.75) is 19.1 Å². The molecule has 0 aliphatic heterocycles. The van der Waals surface area contributed by atoms with Crippen LogP contribution in [0.25, 0.3) is 0 Å². The molecule has 0 aliphatic rings. The highest BCUT2D eigenvalue weighted by Crippen LogP contribution is 2.31. The summed E-state index contributed by atoms with van der Waals surface area (Å²) < 4.78 is 5.13. The van der Waals surface area contributed by atoms with E-state index in [4.69, 9.17) is 10.5 Å². The molecule has 2 N–H and O–H groups in total. The molecule has 1 aromatic rings. The van der Waals surface area contributed by atoms with Gasteiger partial charge in [-0.3, -0.25) is 4.79 Å². The zero-order valence-electron chi connectivity index (χ0n) is 11.0. The second kappa shape index (κ2) is 8.16. The standard InChI is InChI=1S/C14H21NO2S/c1-3-17-14(16)13(18-10-11(2)9-15)12-7-5-4-6-8-12/h4-8,11,13H,3,9-10,15H2,1-2H3. The molecular formula is C14H21NO2S. The smallest absolute Gasteiger partial charge is 0.323 e. The fourth-order valence-electron chi connectivity index (χ4n) is 1.47. The zero-order chi connectivity index (χ0) is 13.4. The zero-order valence-corrected chi connectivity index (χ0v) is 11.8. The number of ether oxygens (including phenoxy) is 1. The Hall–Kier alpha value is -1.00. The summed E-state index contributed by atoms with van der Waals surface area (Å²) in [4.78, 5) is 12.0. The third kappa shape index (κ3) is 4.70. The lowest BCUT2D eigenvalue weighted by atomic mass is 10.1. The first kappa shape index (κ1) is 15.1. The van der Waals surface area contributed by atoms with Gasteiger partial charge < -0.3 is 10.5 Å². The van der Waals surface area contributed by atoms with E-state index in [1.54, 1.807) is 11.8 Å². The number of nitrogens with two attached hydrogens (primary N) is 1. The summed E-state index contributed by atoms with van der Waals surface area (Å²) in [5.74, 6) is 1.09. The summed E-state index contributed by atoms with van der Waals surface area (Å²) in [6, 6.07) is 9.74.